The van der Waals surface area contributed by atoms with E-state index in [0.717, 1.165) is 5.69 Å². The van der Waals surface area contributed by atoms with Gasteiger partial charge in [0.2, 0.25) is 0 Å². The summed E-state index contributed by atoms with van der Waals surface area (Å²) in [6.07, 6.45) is 1.71. The molecule has 0 atom stereocenters. The monoisotopic (exact) mass is 201 g/mol. The lowest BCUT2D eigenvalue weighted by Crippen LogP contribution is -2.02. The van der Waals surface area contributed by atoms with Crippen molar-refractivity contribution < 1.29 is 0 Å². The molecule has 1 aromatic heterocycles. The van der Waals surface area contributed by atoms with Crippen molar-refractivity contribution in [1.82, 2.24) is 9.78 Å². The second kappa shape index (κ2) is 3.77. The summed E-state index contributed by atoms with van der Waals surface area (Å²) >= 11 is 0. The minimum Gasteiger partial charge on any atom is -0.384 e. The molecule has 1 heterocycles. The summed E-state index contributed by atoms with van der Waals surface area (Å²) in [7, 11) is 0. The quantitative estimate of drug-likeness (QED) is 0.811. The molecule has 0 amide bonds. The molecule has 15 heavy (non-hydrogen) atoms. The fourth-order valence-corrected chi connectivity index (χ4v) is 1.55. The maximum atomic E-state index is 5.80. The van der Waals surface area contributed by atoms with Crippen LogP contribution in [0.15, 0.2) is 36.5 Å². The number of nitrogens with two attached hydrogens (primary N) is 1. The Morgan fingerprint density at radius 1 is 1.27 bits per heavy atom. The molecule has 2 rings (SSSR count). The van der Waals surface area contributed by atoms with E-state index in [1.54, 1.807) is 16.9 Å². The SMILES string of the molecule is CC(C)c1cccc(-n2nccc2N)c1. The number of rotatable bonds is 2. The van der Waals surface area contributed by atoms with Crippen LogP contribution in [0, 0.1) is 0 Å². The molecule has 0 aliphatic rings. The zero-order chi connectivity index (χ0) is 10.8. The molecule has 2 N–H and O–H groups in total. The summed E-state index contributed by atoms with van der Waals surface area (Å²) < 4.78 is 1.74. The molecule has 3 heteroatoms. The van der Waals surface area contributed by atoms with Crippen molar-refractivity contribution in [2.45, 2.75) is 19.8 Å². The third-order valence-electron chi connectivity index (χ3n) is 2.45. The van der Waals surface area contributed by atoms with E-state index in [9.17, 15) is 0 Å². The molecule has 78 valence electrons. The molecule has 0 aliphatic carbocycles. The lowest BCUT2D eigenvalue weighted by molar-refractivity contribution is 0.848. The Balaban J connectivity index is 2.46. The van der Waals surface area contributed by atoms with E-state index in [0.29, 0.717) is 11.7 Å². The zero-order valence-electron chi connectivity index (χ0n) is 9.01. The predicted octanol–water partition coefficient (Wildman–Crippen LogP) is 2.58. The van der Waals surface area contributed by atoms with Crippen LogP contribution in [0.4, 0.5) is 5.82 Å². The molecule has 0 fully saturated rings. The largest absolute Gasteiger partial charge is 0.384 e. The highest BCUT2D eigenvalue weighted by molar-refractivity contribution is 5.43. The van der Waals surface area contributed by atoms with E-state index < -0.39 is 0 Å². The molecule has 2 aromatic rings. The van der Waals surface area contributed by atoms with E-state index in [-0.39, 0.29) is 0 Å². The highest BCUT2D eigenvalue weighted by Gasteiger charge is 2.04. The summed E-state index contributed by atoms with van der Waals surface area (Å²) in [4.78, 5) is 0. The number of hydrogen-bond acceptors (Lipinski definition) is 2. The molecule has 0 radical (unpaired) electrons. The number of benzene rings is 1. The van der Waals surface area contributed by atoms with Gasteiger partial charge < -0.3 is 5.73 Å². The molecule has 3 nitrogen and oxygen atoms in total. The highest BCUT2D eigenvalue weighted by Crippen LogP contribution is 2.19. The molecule has 1 aromatic carbocycles. The van der Waals surface area contributed by atoms with Gasteiger partial charge in [-0.05, 0) is 23.6 Å². The number of hydrogen-bond donors (Lipinski definition) is 1. The van der Waals surface area contributed by atoms with Gasteiger partial charge in [-0.15, -0.1) is 0 Å². The molecule has 0 bridgehead atoms. The molecule has 0 saturated carbocycles. The van der Waals surface area contributed by atoms with Crippen molar-refractivity contribution in [2.24, 2.45) is 0 Å². The number of anilines is 1. The van der Waals surface area contributed by atoms with Gasteiger partial charge in [0, 0.05) is 6.07 Å². The van der Waals surface area contributed by atoms with Crippen molar-refractivity contribution in [3.8, 4) is 5.69 Å². The first-order valence-electron chi connectivity index (χ1n) is 5.08. The highest BCUT2D eigenvalue weighted by atomic mass is 15.3. The molecule has 0 saturated heterocycles. The van der Waals surface area contributed by atoms with Crippen LogP contribution < -0.4 is 5.73 Å². The van der Waals surface area contributed by atoms with Gasteiger partial charge >= 0.3 is 0 Å². The normalized spacial score (nSPS) is 10.9. The molecular formula is C12H15N3. The Morgan fingerprint density at radius 2 is 2.07 bits per heavy atom. The van der Waals surface area contributed by atoms with Crippen LogP contribution in [0.2, 0.25) is 0 Å². The van der Waals surface area contributed by atoms with Gasteiger partial charge in [0.05, 0.1) is 11.9 Å². The molecule has 0 aliphatic heterocycles. The topological polar surface area (TPSA) is 43.8 Å². The minimum absolute atomic E-state index is 0.515. The van der Waals surface area contributed by atoms with Crippen molar-refractivity contribution in [2.75, 3.05) is 5.73 Å². The van der Waals surface area contributed by atoms with Gasteiger partial charge in [0.25, 0.3) is 0 Å². The maximum absolute atomic E-state index is 5.80. The van der Waals surface area contributed by atoms with Crippen LogP contribution in [0.1, 0.15) is 25.3 Å². The molecule has 0 unspecified atom stereocenters. The third kappa shape index (κ3) is 1.86. The third-order valence-corrected chi connectivity index (χ3v) is 2.45. The summed E-state index contributed by atoms with van der Waals surface area (Å²) in [5.41, 5.74) is 8.11. The van der Waals surface area contributed by atoms with Gasteiger partial charge in [-0.1, -0.05) is 26.0 Å². The van der Waals surface area contributed by atoms with Gasteiger partial charge in [-0.25, -0.2) is 4.68 Å². The van der Waals surface area contributed by atoms with E-state index in [4.69, 9.17) is 5.73 Å². The van der Waals surface area contributed by atoms with Gasteiger partial charge in [0.15, 0.2) is 0 Å². The Kier molecular flexibility index (Phi) is 2.46. The van der Waals surface area contributed by atoms with Crippen LogP contribution >= 0.6 is 0 Å². The van der Waals surface area contributed by atoms with Crippen LogP contribution in [0.25, 0.3) is 5.69 Å². The second-order valence-corrected chi connectivity index (χ2v) is 3.92. The van der Waals surface area contributed by atoms with E-state index in [2.05, 4.69) is 31.1 Å². The number of nitrogens with zero attached hydrogens (tertiary/aromatic N) is 2. The minimum atomic E-state index is 0.515. The lowest BCUT2D eigenvalue weighted by Gasteiger charge is -2.09. The first kappa shape index (κ1) is 9.77. The van der Waals surface area contributed by atoms with Crippen LogP contribution in [-0.2, 0) is 0 Å². The van der Waals surface area contributed by atoms with E-state index in [1.165, 1.54) is 5.56 Å². The Bertz CT molecular complexity index is 457. The van der Waals surface area contributed by atoms with Crippen molar-refractivity contribution in [1.29, 1.82) is 0 Å². The summed E-state index contributed by atoms with van der Waals surface area (Å²) in [5, 5.41) is 4.18. The van der Waals surface area contributed by atoms with Crippen LogP contribution in [0.5, 0.6) is 0 Å². The van der Waals surface area contributed by atoms with Crippen LogP contribution in [0.3, 0.4) is 0 Å². The van der Waals surface area contributed by atoms with Gasteiger partial charge in [0.1, 0.15) is 5.82 Å². The van der Waals surface area contributed by atoms with Crippen molar-refractivity contribution in [3.05, 3.63) is 42.1 Å². The fourth-order valence-electron chi connectivity index (χ4n) is 1.55. The fraction of sp³-hybridized carbons (Fsp3) is 0.250. The van der Waals surface area contributed by atoms with Crippen molar-refractivity contribution >= 4 is 5.82 Å². The Hall–Kier alpha value is -1.77. The Labute approximate surface area is 89.5 Å². The standard InChI is InChI=1S/C12H15N3/c1-9(2)10-4-3-5-11(8-10)15-12(13)6-7-14-15/h3-9H,13H2,1-2H3. The van der Waals surface area contributed by atoms with Crippen LogP contribution in [-0.4, -0.2) is 9.78 Å². The molecule has 0 spiro atoms. The number of nitrogen functional groups attached to an aromatic ring is 1. The summed E-state index contributed by atoms with van der Waals surface area (Å²) in [6.45, 7) is 4.34. The zero-order valence-corrected chi connectivity index (χ0v) is 9.01. The Morgan fingerprint density at radius 3 is 2.67 bits per heavy atom. The predicted molar refractivity (Wildman–Crippen MR) is 62.1 cm³/mol. The maximum Gasteiger partial charge on any atom is 0.127 e. The average Bonchev–Trinajstić information content (AvgIpc) is 2.64. The summed E-state index contributed by atoms with van der Waals surface area (Å²) in [5.74, 6) is 1.18. The average molecular weight is 201 g/mol. The lowest BCUT2D eigenvalue weighted by atomic mass is 10.0. The first-order valence-corrected chi connectivity index (χ1v) is 5.08. The van der Waals surface area contributed by atoms with E-state index >= 15 is 0 Å². The smallest absolute Gasteiger partial charge is 0.127 e. The second-order valence-electron chi connectivity index (χ2n) is 3.92. The van der Waals surface area contributed by atoms with Gasteiger partial charge in [-0.3, -0.25) is 0 Å². The van der Waals surface area contributed by atoms with E-state index in [1.807, 2.05) is 12.1 Å². The first-order chi connectivity index (χ1) is 7.18. The summed E-state index contributed by atoms with van der Waals surface area (Å²) in [6, 6.07) is 10.1. The van der Waals surface area contributed by atoms with Gasteiger partial charge in [-0.2, -0.15) is 5.10 Å². The number of aromatic nitrogens is 2. The van der Waals surface area contributed by atoms with Crippen molar-refractivity contribution in [3.63, 3.8) is 0 Å². The molecular weight excluding hydrogens is 186 g/mol.